The Morgan fingerprint density at radius 1 is 0.756 bits per heavy atom. The number of hydrogen-bond acceptors (Lipinski definition) is 6. The number of nitrogens with zero attached hydrogens (tertiary/aromatic N) is 4. The summed E-state index contributed by atoms with van der Waals surface area (Å²) in [6.07, 6.45) is 28.3. The molecule has 2 rings (SSSR count). The molecule has 0 fully saturated rings. The van der Waals surface area contributed by atoms with Gasteiger partial charge in [0.1, 0.15) is 11.8 Å². The molecule has 0 radical (unpaired) electrons. The van der Waals surface area contributed by atoms with Gasteiger partial charge in [-0.3, -0.25) is 4.79 Å². The van der Waals surface area contributed by atoms with Crippen molar-refractivity contribution in [2.75, 3.05) is 12.3 Å². The normalized spacial score (nSPS) is 10.7. The van der Waals surface area contributed by atoms with E-state index in [1.54, 1.807) is 10.9 Å². The van der Waals surface area contributed by atoms with Crippen molar-refractivity contribution >= 4 is 23.0 Å². The Kier molecular flexibility index (Phi) is 19.7. The first-order valence-corrected chi connectivity index (χ1v) is 16.2. The van der Waals surface area contributed by atoms with E-state index in [1.807, 2.05) is 0 Å². The first-order valence-electron chi connectivity index (χ1n) is 16.2. The molecular weight excluding hydrogens is 510 g/mol. The summed E-state index contributed by atoms with van der Waals surface area (Å²) < 4.78 is 7.17. The number of fused-ring (bicyclic) bond motifs is 1. The van der Waals surface area contributed by atoms with Crippen LogP contribution in [0.25, 0.3) is 11.2 Å². The minimum Gasteiger partial charge on any atom is -0.466 e. The number of carbonyl (C=O) groups excluding carboxylic acids is 1. The van der Waals surface area contributed by atoms with Crippen LogP contribution < -0.4 is 5.73 Å². The Labute approximate surface area is 248 Å². The first kappa shape index (κ1) is 34.1. The van der Waals surface area contributed by atoms with E-state index in [-0.39, 0.29) is 12.4 Å². The molecule has 2 heterocycles. The van der Waals surface area contributed by atoms with Gasteiger partial charge in [-0.15, -0.1) is 0 Å². The maximum absolute atomic E-state index is 12.0. The number of anilines is 1. The van der Waals surface area contributed by atoms with Crippen molar-refractivity contribution in [1.29, 1.82) is 0 Å². The molecule has 0 aliphatic rings. The Balaban J connectivity index is 1.31. The molecule has 41 heavy (non-hydrogen) atoms. The van der Waals surface area contributed by atoms with Gasteiger partial charge in [-0.25, -0.2) is 15.0 Å². The topological polar surface area (TPSA) is 95.9 Å². The van der Waals surface area contributed by atoms with Crippen LogP contribution in [0.3, 0.4) is 0 Å². The average molecular weight is 564 g/mol. The molecule has 0 unspecified atom stereocenters. The number of nitrogen functional groups attached to an aromatic ring is 1. The van der Waals surface area contributed by atoms with Crippen LogP contribution in [-0.4, -0.2) is 32.1 Å². The molecule has 0 aliphatic carbocycles. The van der Waals surface area contributed by atoms with Crippen LogP contribution in [0.2, 0.25) is 0 Å². The highest BCUT2D eigenvalue weighted by molar-refractivity contribution is 5.81. The van der Waals surface area contributed by atoms with Crippen molar-refractivity contribution < 1.29 is 9.53 Å². The van der Waals surface area contributed by atoms with Crippen LogP contribution >= 0.6 is 0 Å². The van der Waals surface area contributed by atoms with E-state index < -0.39 is 0 Å². The van der Waals surface area contributed by atoms with E-state index in [0.29, 0.717) is 30.1 Å². The Hall–Kier alpha value is -3.06. The van der Waals surface area contributed by atoms with Crippen molar-refractivity contribution in [3.8, 4) is 23.7 Å². The average Bonchev–Trinajstić information content (AvgIpc) is 3.40. The minimum atomic E-state index is -0.200. The van der Waals surface area contributed by atoms with Crippen LogP contribution in [-0.2, 0) is 16.1 Å². The molecule has 2 aromatic heterocycles. The summed E-state index contributed by atoms with van der Waals surface area (Å²) in [5, 5.41) is 0. The minimum absolute atomic E-state index is 0.200. The van der Waals surface area contributed by atoms with E-state index in [1.165, 1.54) is 103 Å². The molecule has 2 aromatic rings. The zero-order valence-corrected chi connectivity index (χ0v) is 25.6. The van der Waals surface area contributed by atoms with Gasteiger partial charge in [0.15, 0.2) is 11.5 Å². The highest BCUT2D eigenvalue weighted by Crippen LogP contribution is 2.15. The number of rotatable bonds is 23. The number of aryl methyl sites for hydroxylation is 1. The fraction of sp³-hybridized carbons (Fsp3) is 0.706. The third-order valence-electron chi connectivity index (χ3n) is 7.34. The fourth-order valence-electron chi connectivity index (χ4n) is 4.82. The van der Waals surface area contributed by atoms with Gasteiger partial charge >= 0.3 is 5.97 Å². The van der Waals surface area contributed by atoms with Gasteiger partial charge in [-0.05, 0) is 31.1 Å². The molecule has 0 saturated heterocycles. The monoisotopic (exact) mass is 563 g/mol. The summed E-state index contributed by atoms with van der Waals surface area (Å²) in [4.78, 5) is 24.4. The van der Waals surface area contributed by atoms with E-state index in [9.17, 15) is 4.79 Å². The van der Waals surface area contributed by atoms with E-state index in [2.05, 4.69) is 45.6 Å². The van der Waals surface area contributed by atoms with Crippen molar-refractivity contribution in [3.05, 3.63) is 12.7 Å². The summed E-state index contributed by atoms with van der Waals surface area (Å²) in [6.45, 7) is 3.22. The Bertz CT molecular complexity index is 1090. The van der Waals surface area contributed by atoms with Crippen LogP contribution in [0.1, 0.15) is 142 Å². The molecule has 7 nitrogen and oxygen atoms in total. The van der Waals surface area contributed by atoms with Gasteiger partial charge in [0.05, 0.1) is 19.4 Å². The number of ether oxygens (including phenoxy) is 1. The number of hydrogen-bond donors (Lipinski definition) is 1. The molecule has 0 bridgehead atoms. The highest BCUT2D eigenvalue weighted by atomic mass is 16.5. The maximum atomic E-state index is 12.0. The standard InChI is InChI=1S/C34H53N5O2/c1-2-3-4-5-6-7-8-9-10-11-12-13-14-15-16-17-18-19-20-21-22-23-24-25-28-41-31(40)26-27-39-30-38-32-33(35)36-29-37-34(32)39/h29-30H,2-13,18-28H2,1H3,(H2,35,36,37). The maximum Gasteiger partial charge on any atom is 0.307 e. The van der Waals surface area contributed by atoms with E-state index >= 15 is 0 Å². The van der Waals surface area contributed by atoms with Gasteiger partial charge in [0, 0.05) is 19.4 Å². The molecular formula is C34H53N5O2. The SMILES string of the molecule is CCCCCCCCCCCCCC#CC#CCCCCCCCCCOC(=O)CCn1cnc2c(N)ncnc21. The summed E-state index contributed by atoms with van der Waals surface area (Å²) >= 11 is 0. The van der Waals surface area contributed by atoms with Crippen LogP contribution in [0, 0.1) is 23.7 Å². The van der Waals surface area contributed by atoms with Gasteiger partial charge < -0.3 is 15.0 Å². The number of imidazole rings is 1. The second-order valence-electron chi connectivity index (χ2n) is 11.0. The zero-order valence-electron chi connectivity index (χ0n) is 25.6. The molecule has 0 aromatic carbocycles. The van der Waals surface area contributed by atoms with E-state index in [0.717, 1.165) is 32.1 Å². The Morgan fingerprint density at radius 3 is 1.88 bits per heavy atom. The second kappa shape index (κ2) is 23.6. The van der Waals surface area contributed by atoms with Gasteiger partial charge in [0.25, 0.3) is 0 Å². The lowest BCUT2D eigenvalue weighted by molar-refractivity contribution is -0.144. The second-order valence-corrected chi connectivity index (χ2v) is 11.0. The number of aromatic nitrogens is 4. The van der Waals surface area contributed by atoms with Crippen LogP contribution in [0.5, 0.6) is 0 Å². The van der Waals surface area contributed by atoms with Crippen LogP contribution in [0.15, 0.2) is 12.7 Å². The molecule has 2 N–H and O–H groups in total. The molecule has 0 spiro atoms. The molecule has 7 heteroatoms. The third-order valence-corrected chi connectivity index (χ3v) is 7.34. The zero-order chi connectivity index (χ0) is 29.2. The summed E-state index contributed by atoms with van der Waals surface area (Å²) in [5.74, 6) is 12.6. The predicted octanol–water partition coefficient (Wildman–Crippen LogP) is 8.17. The third kappa shape index (κ3) is 16.7. The van der Waals surface area contributed by atoms with Crippen molar-refractivity contribution in [1.82, 2.24) is 19.5 Å². The van der Waals surface area contributed by atoms with Crippen molar-refractivity contribution in [3.63, 3.8) is 0 Å². The number of carbonyl (C=O) groups is 1. The van der Waals surface area contributed by atoms with Crippen molar-refractivity contribution in [2.24, 2.45) is 0 Å². The summed E-state index contributed by atoms with van der Waals surface area (Å²) in [7, 11) is 0. The molecule has 0 aliphatic heterocycles. The predicted molar refractivity (Wildman–Crippen MR) is 169 cm³/mol. The largest absolute Gasteiger partial charge is 0.466 e. The lowest BCUT2D eigenvalue weighted by Crippen LogP contribution is -2.10. The molecule has 0 atom stereocenters. The van der Waals surface area contributed by atoms with E-state index in [4.69, 9.17) is 10.5 Å². The van der Waals surface area contributed by atoms with Crippen molar-refractivity contribution in [2.45, 2.75) is 148 Å². The first-order chi connectivity index (χ1) is 20.2. The molecule has 226 valence electrons. The fourth-order valence-corrected chi connectivity index (χ4v) is 4.82. The molecule has 0 saturated carbocycles. The number of unbranched alkanes of at least 4 members (excludes halogenated alkanes) is 18. The molecule has 0 amide bonds. The smallest absolute Gasteiger partial charge is 0.307 e. The quantitative estimate of drug-likeness (QED) is 0.0832. The number of nitrogens with two attached hydrogens (primary N) is 1. The van der Waals surface area contributed by atoms with Gasteiger partial charge in [-0.1, -0.05) is 115 Å². The lowest BCUT2D eigenvalue weighted by Gasteiger charge is -2.06. The highest BCUT2D eigenvalue weighted by Gasteiger charge is 2.10. The summed E-state index contributed by atoms with van der Waals surface area (Å²) in [5.41, 5.74) is 6.99. The van der Waals surface area contributed by atoms with Crippen LogP contribution in [0.4, 0.5) is 5.82 Å². The number of esters is 1. The lowest BCUT2D eigenvalue weighted by atomic mass is 10.1. The van der Waals surface area contributed by atoms with Gasteiger partial charge in [-0.2, -0.15) is 0 Å². The Morgan fingerprint density at radius 2 is 1.29 bits per heavy atom. The van der Waals surface area contributed by atoms with Gasteiger partial charge in [0.2, 0.25) is 0 Å². The summed E-state index contributed by atoms with van der Waals surface area (Å²) in [6, 6.07) is 0.